The number of aryl methyl sites for hydroxylation is 1. The van der Waals surface area contributed by atoms with Gasteiger partial charge in [0.2, 0.25) is 5.91 Å². The van der Waals surface area contributed by atoms with E-state index in [1.54, 1.807) is 0 Å². The molecule has 0 aliphatic heterocycles. The number of nitrogens with one attached hydrogen (secondary N) is 1. The Morgan fingerprint density at radius 2 is 1.94 bits per heavy atom. The molecular weight excluding hydrogens is 250 g/mol. The molecule has 1 aromatic carbocycles. The van der Waals surface area contributed by atoms with Crippen molar-refractivity contribution in [1.29, 1.82) is 0 Å². The van der Waals surface area contributed by atoms with E-state index in [2.05, 4.69) is 10.1 Å². The second-order valence-corrected chi connectivity index (χ2v) is 4.83. The zero-order chi connectivity index (χ0) is 13.4. The first-order valence-electron chi connectivity index (χ1n) is 5.65. The number of amides is 1. The molecule has 0 heterocycles. The van der Waals surface area contributed by atoms with E-state index in [0.29, 0.717) is 12.3 Å². The molecule has 0 aromatic heterocycles. The molecule has 0 aliphatic rings. The molecule has 0 saturated carbocycles. The average Bonchev–Trinajstić information content (AvgIpc) is 2.38. The number of hydrogen-bond acceptors (Lipinski definition) is 4. The normalized spacial score (nSPS) is 9.89. The zero-order valence-electron chi connectivity index (χ0n) is 10.6. The van der Waals surface area contributed by atoms with Gasteiger partial charge in [0, 0.05) is 11.4 Å². The van der Waals surface area contributed by atoms with Crippen LogP contribution in [0.2, 0.25) is 0 Å². The maximum atomic E-state index is 11.5. The fourth-order valence-corrected chi connectivity index (χ4v) is 1.97. The molecule has 18 heavy (non-hydrogen) atoms. The molecule has 0 saturated heterocycles. The molecule has 1 rings (SSSR count). The highest BCUT2D eigenvalue weighted by Gasteiger charge is 2.04. The predicted molar refractivity (Wildman–Crippen MR) is 71.5 cm³/mol. The largest absolute Gasteiger partial charge is 0.469 e. The van der Waals surface area contributed by atoms with Gasteiger partial charge in [-0.05, 0) is 19.1 Å². The summed E-state index contributed by atoms with van der Waals surface area (Å²) in [5.74, 6) is -0.0458. The zero-order valence-corrected chi connectivity index (χ0v) is 11.4. The van der Waals surface area contributed by atoms with E-state index in [4.69, 9.17) is 0 Å². The van der Waals surface area contributed by atoms with E-state index in [-0.39, 0.29) is 18.3 Å². The van der Waals surface area contributed by atoms with Gasteiger partial charge in [0.05, 0.1) is 19.3 Å². The Balaban J connectivity index is 2.21. The van der Waals surface area contributed by atoms with Crippen LogP contribution in [0.5, 0.6) is 0 Å². The molecule has 5 heteroatoms. The summed E-state index contributed by atoms with van der Waals surface area (Å²) in [6.07, 6.45) is 0.206. The second kappa shape index (κ2) is 7.76. The molecule has 0 radical (unpaired) electrons. The summed E-state index contributed by atoms with van der Waals surface area (Å²) in [7, 11) is 1.33. The molecule has 0 bridgehead atoms. The quantitative estimate of drug-likeness (QED) is 0.630. The molecule has 0 atom stereocenters. The number of methoxy groups -OCH3 is 1. The van der Waals surface area contributed by atoms with Crippen molar-refractivity contribution >= 4 is 23.6 Å². The van der Waals surface area contributed by atoms with Crippen molar-refractivity contribution in [3.8, 4) is 0 Å². The molecular formula is C13H17NO3S. The molecule has 1 aromatic rings. The molecule has 0 spiro atoms. The Kier molecular flexibility index (Phi) is 6.28. The number of carbonyl (C=O) groups is 2. The van der Waals surface area contributed by atoms with Crippen LogP contribution in [-0.2, 0) is 14.3 Å². The summed E-state index contributed by atoms with van der Waals surface area (Å²) in [5.41, 5.74) is 1.20. The topological polar surface area (TPSA) is 55.4 Å². The highest BCUT2D eigenvalue weighted by molar-refractivity contribution is 8.00. The van der Waals surface area contributed by atoms with Crippen molar-refractivity contribution in [2.75, 3.05) is 19.4 Å². The van der Waals surface area contributed by atoms with Gasteiger partial charge in [0.15, 0.2) is 0 Å². The summed E-state index contributed by atoms with van der Waals surface area (Å²) < 4.78 is 4.48. The fourth-order valence-electron chi connectivity index (χ4n) is 1.24. The van der Waals surface area contributed by atoms with E-state index in [1.165, 1.54) is 24.4 Å². The first-order valence-corrected chi connectivity index (χ1v) is 6.63. The lowest BCUT2D eigenvalue weighted by atomic mass is 10.2. The minimum absolute atomic E-state index is 0.0792. The fraction of sp³-hybridized carbons (Fsp3) is 0.385. The number of esters is 1. The van der Waals surface area contributed by atoms with Crippen LogP contribution in [0.15, 0.2) is 29.2 Å². The summed E-state index contributed by atoms with van der Waals surface area (Å²) >= 11 is 1.47. The summed E-state index contributed by atoms with van der Waals surface area (Å²) in [6.45, 7) is 2.34. The number of ether oxygens (including phenoxy) is 1. The molecule has 0 aliphatic carbocycles. The smallest absolute Gasteiger partial charge is 0.307 e. The Bertz CT molecular complexity index is 403. The van der Waals surface area contributed by atoms with Crippen LogP contribution >= 0.6 is 11.8 Å². The third kappa shape index (κ3) is 5.72. The number of thioether (sulfide) groups is 1. The number of rotatable bonds is 6. The van der Waals surface area contributed by atoms with Crippen molar-refractivity contribution in [2.45, 2.75) is 18.2 Å². The maximum Gasteiger partial charge on any atom is 0.307 e. The van der Waals surface area contributed by atoms with Crippen LogP contribution in [0, 0.1) is 6.92 Å². The number of hydrogen-bond donors (Lipinski definition) is 1. The Morgan fingerprint density at radius 1 is 1.28 bits per heavy atom. The van der Waals surface area contributed by atoms with Gasteiger partial charge < -0.3 is 10.1 Å². The Morgan fingerprint density at radius 3 is 2.56 bits per heavy atom. The molecule has 4 nitrogen and oxygen atoms in total. The van der Waals surface area contributed by atoms with Gasteiger partial charge in [0.25, 0.3) is 0 Å². The minimum Gasteiger partial charge on any atom is -0.469 e. The lowest BCUT2D eigenvalue weighted by Gasteiger charge is -2.04. The number of benzene rings is 1. The van der Waals surface area contributed by atoms with Crippen molar-refractivity contribution in [3.05, 3.63) is 29.8 Å². The molecule has 0 unspecified atom stereocenters. The predicted octanol–water partition coefficient (Wildman–Crippen LogP) is 1.77. The van der Waals surface area contributed by atoms with Gasteiger partial charge in [-0.2, -0.15) is 0 Å². The third-order valence-corrected chi connectivity index (χ3v) is 3.28. The standard InChI is InChI=1S/C13H17NO3S/c1-10-3-5-11(6-4-10)18-9-12(15)14-8-7-13(16)17-2/h3-6H,7-9H2,1-2H3,(H,14,15). The average molecular weight is 267 g/mol. The van der Waals surface area contributed by atoms with Gasteiger partial charge in [-0.25, -0.2) is 0 Å². The van der Waals surface area contributed by atoms with Gasteiger partial charge in [-0.1, -0.05) is 17.7 Å². The van der Waals surface area contributed by atoms with Crippen LogP contribution in [0.25, 0.3) is 0 Å². The van der Waals surface area contributed by atoms with Gasteiger partial charge in [-0.3, -0.25) is 9.59 Å². The Labute approximate surface area is 111 Å². The van der Waals surface area contributed by atoms with Crippen molar-refractivity contribution in [2.24, 2.45) is 0 Å². The minimum atomic E-state index is -0.318. The van der Waals surface area contributed by atoms with Crippen LogP contribution in [0.3, 0.4) is 0 Å². The summed E-state index contributed by atoms with van der Waals surface area (Å²) in [4.78, 5) is 23.4. The third-order valence-electron chi connectivity index (χ3n) is 2.27. The molecule has 98 valence electrons. The van der Waals surface area contributed by atoms with E-state index in [1.807, 2.05) is 31.2 Å². The maximum absolute atomic E-state index is 11.5. The van der Waals surface area contributed by atoms with Crippen LogP contribution < -0.4 is 5.32 Å². The molecule has 1 amide bonds. The van der Waals surface area contributed by atoms with Crippen LogP contribution in [0.1, 0.15) is 12.0 Å². The van der Waals surface area contributed by atoms with Crippen LogP contribution in [0.4, 0.5) is 0 Å². The van der Waals surface area contributed by atoms with E-state index < -0.39 is 0 Å². The van der Waals surface area contributed by atoms with E-state index in [0.717, 1.165) is 4.90 Å². The van der Waals surface area contributed by atoms with Crippen molar-refractivity contribution in [3.63, 3.8) is 0 Å². The van der Waals surface area contributed by atoms with Crippen LogP contribution in [-0.4, -0.2) is 31.3 Å². The van der Waals surface area contributed by atoms with E-state index >= 15 is 0 Å². The number of carbonyl (C=O) groups excluding carboxylic acids is 2. The van der Waals surface area contributed by atoms with Gasteiger partial charge in [0.1, 0.15) is 0 Å². The van der Waals surface area contributed by atoms with Crippen molar-refractivity contribution in [1.82, 2.24) is 5.32 Å². The highest BCUT2D eigenvalue weighted by Crippen LogP contribution is 2.17. The lowest BCUT2D eigenvalue weighted by Crippen LogP contribution is -2.27. The lowest BCUT2D eigenvalue weighted by molar-refractivity contribution is -0.140. The SMILES string of the molecule is COC(=O)CCNC(=O)CSc1ccc(C)cc1. The molecule has 1 N–H and O–H groups in total. The molecule has 0 fully saturated rings. The Hall–Kier alpha value is -1.49. The van der Waals surface area contributed by atoms with Gasteiger partial charge >= 0.3 is 5.97 Å². The summed E-state index contributed by atoms with van der Waals surface area (Å²) in [6, 6.07) is 8.00. The second-order valence-electron chi connectivity index (χ2n) is 3.78. The highest BCUT2D eigenvalue weighted by atomic mass is 32.2. The van der Waals surface area contributed by atoms with Gasteiger partial charge in [-0.15, -0.1) is 11.8 Å². The first-order chi connectivity index (χ1) is 8.61. The van der Waals surface area contributed by atoms with Crippen molar-refractivity contribution < 1.29 is 14.3 Å². The van der Waals surface area contributed by atoms with E-state index in [9.17, 15) is 9.59 Å². The summed E-state index contributed by atoms with van der Waals surface area (Å²) in [5, 5.41) is 2.67. The first kappa shape index (κ1) is 14.6. The monoisotopic (exact) mass is 267 g/mol.